The average Bonchev–Trinajstić information content (AvgIpc) is 3.19. The van der Waals surface area contributed by atoms with Gasteiger partial charge in [0.05, 0.1) is 19.9 Å². The number of hydrogen-bond acceptors (Lipinski definition) is 6. The van der Waals surface area contributed by atoms with Crippen LogP contribution in [-0.2, 0) is 6.54 Å². The first-order valence-electron chi connectivity index (χ1n) is 10.8. The summed E-state index contributed by atoms with van der Waals surface area (Å²) in [5.74, 6) is 3.02. The highest BCUT2D eigenvalue weighted by molar-refractivity contribution is 5.94. The number of carbonyl (C=O) groups excluding carboxylic acids is 1. The van der Waals surface area contributed by atoms with Gasteiger partial charge in [0, 0.05) is 43.9 Å². The molecule has 0 N–H and O–H groups in total. The molecule has 0 unspecified atom stereocenters. The van der Waals surface area contributed by atoms with Gasteiger partial charge < -0.3 is 18.8 Å². The molecule has 0 aliphatic carbocycles. The number of ether oxygens (including phenoxy) is 2. The van der Waals surface area contributed by atoms with E-state index in [4.69, 9.17) is 18.9 Å². The van der Waals surface area contributed by atoms with E-state index in [9.17, 15) is 4.79 Å². The molecule has 0 spiro atoms. The molecule has 0 bridgehead atoms. The van der Waals surface area contributed by atoms with Crippen molar-refractivity contribution in [2.24, 2.45) is 0 Å². The van der Waals surface area contributed by atoms with E-state index in [1.807, 2.05) is 55.1 Å². The Morgan fingerprint density at radius 1 is 1.03 bits per heavy atom. The molecule has 7 heteroatoms. The molecule has 32 heavy (non-hydrogen) atoms. The van der Waals surface area contributed by atoms with Gasteiger partial charge in [-0.1, -0.05) is 6.07 Å². The predicted molar refractivity (Wildman–Crippen MR) is 122 cm³/mol. The van der Waals surface area contributed by atoms with Crippen LogP contribution in [0.15, 0.2) is 46.9 Å². The highest BCUT2D eigenvalue weighted by Crippen LogP contribution is 2.27. The Morgan fingerprint density at radius 2 is 1.81 bits per heavy atom. The van der Waals surface area contributed by atoms with Crippen molar-refractivity contribution in [2.45, 2.75) is 20.4 Å². The van der Waals surface area contributed by atoms with Crippen LogP contribution in [0, 0.1) is 13.8 Å². The Hall–Kier alpha value is -3.32. The van der Waals surface area contributed by atoms with Crippen molar-refractivity contribution in [2.75, 3.05) is 40.4 Å². The number of rotatable bonds is 6. The Kier molecular flexibility index (Phi) is 6.46. The lowest BCUT2D eigenvalue weighted by atomic mass is 10.1. The second-order valence-electron chi connectivity index (χ2n) is 8.01. The summed E-state index contributed by atoms with van der Waals surface area (Å²) in [5.41, 5.74) is 3.57. The zero-order valence-electron chi connectivity index (χ0n) is 19.1. The molecule has 7 nitrogen and oxygen atoms in total. The molecule has 2 aromatic carbocycles. The molecule has 0 atom stereocenters. The third-order valence-electron chi connectivity index (χ3n) is 5.88. The molecule has 1 aromatic heterocycles. The maximum Gasteiger partial charge on any atom is 0.254 e. The number of carbonyl (C=O) groups is 1. The molecule has 1 aliphatic rings. The maximum absolute atomic E-state index is 12.8. The smallest absolute Gasteiger partial charge is 0.254 e. The van der Waals surface area contributed by atoms with Crippen LogP contribution >= 0.6 is 0 Å². The van der Waals surface area contributed by atoms with E-state index in [1.54, 1.807) is 20.3 Å². The number of nitrogens with zero attached hydrogens (tertiary/aromatic N) is 3. The van der Waals surface area contributed by atoms with Crippen molar-refractivity contribution < 1.29 is 18.7 Å². The van der Waals surface area contributed by atoms with Gasteiger partial charge in [-0.2, -0.15) is 0 Å². The van der Waals surface area contributed by atoms with E-state index in [1.165, 1.54) is 0 Å². The first-order chi connectivity index (χ1) is 15.5. The Labute approximate surface area is 188 Å². The molecule has 1 saturated heterocycles. The average molecular weight is 436 g/mol. The molecular formula is C25H29N3O4. The van der Waals surface area contributed by atoms with E-state index in [-0.39, 0.29) is 5.91 Å². The molecule has 0 saturated carbocycles. The van der Waals surface area contributed by atoms with Crippen LogP contribution in [0.5, 0.6) is 11.5 Å². The Balaban J connectivity index is 1.38. The molecule has 1 aliphatic heterocycles. The van der Waals surface area contributed by atoms with Crippen LogP contribution in [0.1, 0.15) is 27.4 Å². The minimum atomic E-state index is 0.0401. The summed E-state index contributed by atoms with van der Waals surface area (Å²) in [5, 5.41) is 0. The monoisotopic (exact) mass is 435 g/mol. The van der Waals surface area contributed by atoms with Gasteiger partial charge in [0.25, 0.3) is 5.91 Å². The summed E-state index contributed by atoms with van der Waals surface area (Å²) in [7, 11) is 3.27. The minimum absolute atomic E-state index is 0.0401. The minimum Gasteiger partial charge on any atom is -0.497 e. The summed E-state index contributed by atoms with van der Waals surface area (Å²) in [6.45, 7) is 7.59. The lowest BCUT2D eigenvalue weighted by Crippen LogP contribution is -2.48. The van der Waals surface area contributed by atoms with Crippen LogP contribution < -0.4 is 9.47 Å². The zero-order valence-corrected chi connectivity index (χ0v) is 19.1. The van der Waals surface area contributed by atoms with E-state index < -0.39 is 0 Å². The molecule has 0 radical (unpaired) electrons. The quantitative estimate of drug-likeness (QED) is 0.584. The number of methoxy groups -OCH3 is 2. The summed E-state index contributed by atoms with van der Waals surface area (Å²) in [6, 6.07) is 13.2. The Morgan fingerprint density at radius 3 is 2.50 bits per heavy atom. The highest BCUT2D eigenvalue weighted by atomic mass is 16.5. The van der Waals surface area contributed by atoms with E-state index in [2.05, 4.69) is 4.90 Å². The normalized spacial score (nSPS) is 14.4. The molecule has 1 amide bonds. The van der Waals surface area contributed by atoms with Gasteiger partial charge in [-0.15, -0.1) is 0 Å². The lowest BCUT2D eigenvalue weighted by molar-refractivity contribution is 0.0626. The lowest BCUT2D eigenvalue weighted by Gasteiger charge is -2.34. The van der Waals surface area contributed by atoms with E-state index in [0.717, 1.165) is 41.4 Å². The molecule has 3 aromatic rings. The van der Waals surface area contributed by atoms with Crippen molar-refractivity contribution in [1.82, 2.24) is 14.8 Å². The maximum atomic E-state index is 12.8. The molecular weight excluding hydrogens is 406 g/mol. The number of amides is 1. The van der Waals surface area contributed by atoms with Gasteiger partial charge in [0.15, 0.2) is 0 Å². The van der Waals surface area contributed by atoms with Crippen molar-refractivity contribution in [3.8, 4) is 23.0 Å². The number of aryl methyl sites for hydroxylation is 2. The Bertz CT molecular complexity index is 1100. The fourth-order valence-electron chi connectivity index (χ4n) is 3.97. The third-order valence-corrected chi connectivity index (χ3v) is 5.88. The third kappa shape index (κ3) is 4.62. The van der Waals surface area contributed by atoms with Crippen LogP contribution in [0.25, 0.3) is 11.5 Å². The fourth-order valence-corrected chi connectivity index (χ4v) is 3.97. The standard InChI is InChI=1S/C25H29N3O4/c1-17-14-19(8-9-23(17)31-4)24-26-22(18(2)32-24)16-27-10-12-28(13-11-27)25(29)20-6-5-7-21(15-20)30-3/h5-9,14-15H,10-13,16H2,1-4H3. The van der Waals surface area contributed by atoms with Gasteiger partial charge in [0.1, 0.15) is 17.3 Å². The second kappa shape index (κ2) is 9.44. The summed E-state index contributed by atoms with van der Waals surface area (Å²) >= 11 is 0. The van der Waals surface area contributed by atoms with Crippen LogP contribution in [0.4, 0.5) is 0 Å². The van der Waals surface area contributed by atoms with Crippen LogP contribution in [0.3, 0.4) is 0 Å². The fraction of sp³-hybridized carbons (Fsp3) is 0.360. The van der Waals surface area contributed by atoms with Gasteiger partial charge in [0.2, 0.25) is 5.89 Å². The van der Waals surface area contributed by atoms with Crippen molar-refractivity contribution >= 4 is 5.91 Å². The van der Waals surface area contributed by atoms with E-state index >= 15 is 0 Å². The van der Waals surface area contributed by atoms with Crippen LogP contribution in [-0.4, -0.2) is 61.1 Å². The SMILES string of the molecule is COc1cccc(C(=O)N2CCN(Cc3nc(-c4ccc(OC)c(C)c4)oc3C)CC2)c1. The van der Waals surface area contributed by atoms with E-state index in [0.29, 0.717) is 36.8 Å². The number of oxazole rings is 1. The molecule has 1 fully saturated rings. The van der Waals surface area contributed by atoms with Gasteiger partial charge in [-0.3, -0.25) is 9.69 Å². The second-order valence-corrected chi connectivity index (χ2v) is 8.01. The highest BCUT2D eigenvalue weighted by Gasteiger charge is 2.24. The van der Waals surface area contributed by atoms with Crippen molar-refractivity contribution in [1.29, 1.82) is 0 Å². The summed E-state index contributed by atoms with van der Waals surface area (Å²) in [4.78, 5) is 21.8. The zero-order chi connectivity index (χ0) is 22.7. The summed E-state index contributed by atoms with van der Waals surface area (Å²) in [6.07, 6.45) is 0. The first-order valence-corrected chi connectivity index (χ1v) is 10.8. The first kappa shape index (κ1) is 21.9. The van der Waals surface area contributed by atoms with Crippen molar-refractivity contribution in [3.05, 3.63) is 65.0 Å². The van der Waals surface area contributed by atoms with Gasteiger partial charge in [-0.05, 0) is 55.8 Å². The van der Waals surface area contributed by atoms with Crippen LogP contribution in [0.2, 0.25) is 0 Å². The number of hydrogen-bond donors (Lipinski definition) is 0. The number of piperazine rings is 1. The molecule has 4 rings (SSSR count). The predicted octanol–water partition coefficient (Wildman–Crippen LogP) is 3.93. The topological polar surface area (TPSA) is 68.0 Å². The molecule has 168 valence electrons. The summed E-state index contributed by atoms with van der Waals surface area (Å²) < 4.78 is 16.5. The molecule has 2 heterocycles. The van der Waals surface area contributed by atoms with Gasteiger partial charge in [-0.25, -0.2) is 4.98 Å². The van der Waals surface area contributed by atoms with Gasteiger partial charge >= 0.3 is 0 Å². The van der Waals surface area contributed by atoms with Crippen molar-refractivity contribution in [3.63, 3.8) is 0 Å². The largest absolute Gasteiger partial charge is 0.497 e. The number of benzene rings is 2. The number of aromatic nitrogens is 1.